The second-order valence-corrected chi connectivity index (χ2v) is 3.91. The molecule has 1 unspecified atom stereocenters. The van der Waals surface area contributed by atoms with Crippen molar-refractivity contribution in [1.29, 1.82) is 0 Å². The molecule has 0 aromatic heterocycles. The molecule has 0 aliphatic carbocycles. The van der Waals surface area contributed by atoms with Crippen LogP contribution in [0.2, 0.25) is 0 Å². The number of benzene rings is 1. The van der Waals surface area contributed by atoms with Crippen molar-refractivity contribution in [3.63, 3.8) is 0 Å². The molecule has 0 radical (unpaired) electrons. The lowest BCUT2D eigenvalue weighted by Gasteiger charge is -2.04. The van der Waals surface area contributed by atoms with Gasteiger partial charge in [-0.15, -0.1) is 0 Å². The molecule has 0 N–H and O–H groups in total. The number of aryl methyl sites for hydroxylation is 1. The molecule has 1 aromatic carbocycles. The summed E-state index contributed by atoms with van der Waals surface area (Å²) < 4.78 is 22.7. The van der Waals surface area contributed by atoms with Gasteiger partial charge in [-0.2, -0.15) is 0 Å². The van der Waals surface area contributed by atoms with Crippen molar-refractivity contribution >= 4 is 5.97 Å². The third-order valence-electron chi connectivity index (χ3n) is 2.43. The van der Waals surface area contributed by atoms with Crippen molar-refractivity contribution < 1.29 is 18.7 Å². The first kappa shape index (κ1) is 11.1. The summed E-state index contributed by atoms with van der Waals surface area (Å²) >= 11 is 0. The Bertz CT molecular complexity index is 382. The second-order valence-electron chi connectivity index (χ2n) is 3.91. The molecular weight excluding hydrogens is 211 g/mol. The number of epoxide rings is 1. The molecule has 1 aromatic rings. The number of carbonyl (C=O) groups is 1. The molecule has 0 bridgehead atoms. The quantitative estimate of drug-likeness (QED) is 0.447. The van der Waals surface area contributed by atoms with E-state index in [1.165, 1.54) is 6.92 Å². The molecular formula is C12H13FO3. The van der Waals surface area contributed by atoms with E-state index >= 15 is 0 Å². The summed E-state index contributed by atoms with van der Waals surface area (Å²) in [6.07, 6.45) is 0.997. The normalized spacial score (nSPS) is 22.9. The molecule has 1 saturated heterocycles. The van der Waals surface area contributed by atoms with Gasteiger partial charge in [-0.25, -0.2) is 4.39 Å². The average molecular weight is 224 g/mol. The van der Waals surface area contributed by atoms with Gasteiger partial charge < -0.3 is 9.47 Å². The second kappa shape index (κ2) is 4.22. The first-order chi connectivity index (χ1) is 7.57. The zero-order chi connectivity index (χ0) is 11.6. The zero-order valence-electron chi connectivity index (χ0n) is 9.03. The minimum Gasteiger partial charge on any atom is -0.427 e. The van der Waals surface area contributed by atoms with Crippen molar-refractivity contribution in [2.24, 2.45) is 0 Å². The summed E-state index contributed by atoms with van der Waals surface area (Å²) in [5.74, 6) is -1.23. The van der Waals surface area contributed by atoms with Crippen molar-refractivity contribution in [2.75, 3.05) is 6.61 Å². The lowest BCUT2D eigenvalue weighted by atomic mass is 10.1. The van der Waals surface area contributed by atoms with E-state index in [1.807, 2.05) is 12.1 Å². The van der Waals surface area contributed by atoms with Crippen LogP contribution >= 0.6 is 0 Å². The Labute approximate surface area is 93.2 Å². The predicted octanol–water partition coefficient (Wildman–Crippen LogP) is 2.24. The average Bonchev–Trinajstić information content (AvgIpc) is 2.96. The van der Waals surface area contributed by atoms with Gasteiger partial charge in [0.15, 0.2) is 0 Å². The molecule has 86 valence electrons. The van der Waals surface area contributed by atoms with Gasteiger partial charge in [0.2, 0.25) is 5.85 Å². The highest BCUT2D eigenvalue weighted by Gasteiger charge is 2.44. The van der Waals surface area contributed by atoms with Gasteiger partial charge in [0, 0.05) is 13.3 Å². The van der Waals surface area contributed by atoms with E-state index in [1.54, 1.807) is 12.1 Å². The van der Waals surface area contributed by atoms with Crippen molar-refractivity contribution in [2.45, 2.75) is 25.6 Å². The van der Waals surface area contributed by atoms with E-state index in [0.29, 0.717) is 18.6 Å². The van der Waals surface area contributed by atoms with Crippen LogP contribution < -0.4 is 4.74 Å². The molecule has 3 nitrogen and oxygen atoms in total. The summed E-state index contributed by atoms with van der Waals surface area (Å²) in [6, 6.07) is 7.05. The summed E-state index contributed by atoms with van der Waals surface area (Å²) in [7, 11) is 0. The monoisotopic (exact) mass is 224 g/mol. The summed E-state index contributed by atoms with van der Waals surface area (Å²) in [6.45, 7) is 1.56. The Morgan fingerprint density at radius 1 is 1.50 bits per heavy atom. The highest BCUT2D eigenvalue weighted by Crippen LogP contribution is 2.33. The predicted molar refractivity (Wildman–Crippen MR) is 55.9 cm³/mol. The van der Waals surface area contributed by atoms with Gasteiger partial charge in [0.1, 0.15) is 12.4 Å². The molecule has 0 spiro atoms. The van der Waals surface area contributed by atoms with Gasteiger partial charge in [0.25, 0.3) is 0 Å². The van der Waals surface area contributed by atoms with E-state index in [-0.39, 0.29) is 12.6 Å². The van der Waals surface area contributed by atoms with Crippen LogP contribution in [-0.2, 0) is 16.0 Å². The number of hydrogen-bond acceptors (Lipinski definition) is 3. The maximum absolute atomic E-state index is 13.1. The Kier molecular flexibility index (Phi) is 2.92. The van der Waals surface area contributed by atoms with Gasteiger partial charge in [0.05, 0.1) is 0 Å². The third kappa shape index (κ3) is 3.03. The Hall–Kier alpha value is -1.42. The standard InChI is InChI=1S/C12H13FO3/c1-9(14)16-11-4-2-10(3-5-11)6-7-12(13)8-15-12/h2-5H,6-8H2,1H3. The SMILES string of the molecule is CC(=O)Oc1ccc(CCC2(F)CO2)cc1. The minimum absolute atomic E-state index is 0.207. The third-order valence-corrected chi connectivity index (χ3v) is 2.43. The number of alkyl halides is 1. The molecule has 1 heterocycles. The van der Waals surface area contributed by atoms with Crippen LogP contribution in [0.25, 0.3) is 0 Å². The van der Waals surface area contributed by atoms with Crippen LogP contribution in [0.15, 0.2) is 24.3 Å². The fraction of sp³-hybridized carbons (Fsp3) is 0.417. The maximum atomic E-state index is 13.1. The van der Waals surface area contributed by atoms with Crippen molar-refractivity contribution in [3.05, 3.63) is 29.8 Å². The van der Waals surface area contributed by atoms with E-state index in [0.717, 1.165) is 5.56 Å². The molecule has 0 amide bonds. The van der Waals surface area contributed by atoms with E-state index < -0.39 is 5.85 Å². The molecule has 16 heavy (non-hydrogen) atoms. The number of halogens is 1. The fourth-order valence-electron chi connectivity index (χ4n) is 1.44. The molecule has 2 rings (SSSR count). The largest absolute Gasteiger partial charge is 0.427 e. The lowest BCUT2D eigenvalue weighted by Crippen LogP contribution is -2.04. The van der Waals surface area contributed by atoms with Crippen LogP contribution in [0.4, 0.5) is 4.39 Å². The van der Waals surface area contributed by atoms with Gasteiger partial charge in [-0.05, 0) is 24.1 Å². The summed E-state index contributed by atoms with van der Waals surface area (Å²) in [4.78, 5) is 10.7. The minimum atomic E-state index is -1.39. The molecule has 1 fully saturated rings. The van der Waals surface area contributed by atoms with Crippen molar-refractivity contribution in [3.8, 4) is 5.75 Å². The van der Waals surface area contributed by atoms with Gasteiger partial charge in [-0.3, -0.25) is 4.79 Å². The van der Waals surface area contributed by atoms with Gasteiger partial charge >= 0.3 is 5.97 Å². The van der Waals surface area contributed by atoms with Gasteiger partial charge in [-0.1, -0.05) is 12.1 Å². The van der Waals surface area contributed by atoms with E-state index in [4.69, 9.17) is 4.74 Å². The number of ether oxygens (including phenoxy) is 2. The number of hydrogen-bond donors (Lipinski definition) is 0. The molecule has 1 aliphatic rings. The van der Waals surface area contributed by atoms with Crippen LogP contribution in [-0.4, -0.2) is 18.4 Å². The number of carbonyl (C=O) groups excluding carboxylic acids is 1. The maximum Gasteiger partial charge on any atom is 0.308 e. The van der Waals surface area contributed by atoms with Crippen molar-refractivity contribution in [1.82, 2.24) is 0 Å². The Balaban J connectivity index is 1.88. The Morgan fingerprint density at radius 2 is 2.12 bits per heavy atom. The lowest BCUT2D eigenvalue weighted by molar-refractivity contribution is -0.131. The van der Waals surface area contributed by atoms with E-state index in [2.05, 4.69) is 4.74 Å². The van der Waals surface area contributed by atoms with E-state index in [9.17, 15) is 9.18 Å². The Morgan fingerprint density at radius 3 is 2.62 bits per heavy atom. The van der Waals surface area contributed by atoms with Crippen LogP contribution in [0.3, 0.4) is 0 Å². The molecule has 0 saturated carbocycles. The highest BCUT2D eigenvalue weighted by atomic mass is 19.2. The van der Waals surface area contributed by atoms with Crippen LogP contribution in [0, 0.1) is 0 Å². The summed E-state index contributed by atoms with van der Waals surface area (Å²) in [5, 5.41) is 0. The number of rotatable bonds is 4. The molecule has 1 aliphatic heterocycles. The highest BCUT2D eigenvalue weighted by molar-refractivity contribution is 5.69. The number of esters is 1. The molecule has 4 heteroatoms. The first-order valence-corrected chi connectivity index (χ1v) is 5.18. The fourth-order valence-corrected chi connectivity index (χ4v) is 1.44. The smallest absolute Gasteiger partial charge is 0.308 e. The zero-order valence-corrected chi connectivity index (χ0v) is 9.03. The van der Waals surface area contributed by atoms with Crippen LogP contribution in [0.5, 0.6) is 5.75 Å². The first-order valence-electron chi connectivity index (χ1n) is 5.18. The summed E-state index contributed by atoms with van der Waals surface area (Å²) in [5.41, 5.74) is 1.00. The molecule has 1 atom stereocenters. The topological polar surface area (TPSA) is 38.8 Å². The van der Waals surface area contributed by atoms with Crippen LogP contribution in [0.1, 0.15) is 18.9 Å².